The van der Waals surface area contributed by atoms with Crippen LogP contribution in [0, 0.1) is 5.82 Å². The van der Waals surface area contributed by atoms with Gasteiger partial charge in [0.15, 0.2) is 0 Å². The predicted octanol–water partition coefficient (Wildman–Crippen LogP) is 4.49. The average molecular weight is 279 g/mol. The first-order chi connectivity index (χ1) is 8.91. The molecule has 1 atom stereocenters. The zero-order chi connectivity index (χ0) is 14.0. The molecule has 0 fully saturated rings. The molecule has 0 aromatic heterocycles. The van der Waals surface area contributed by atoms with Gasteiger partial charge in [-0.05, 0) is 35.4 Å². The summed E-state index contributed by atoms with van der Waals surface area (Å²) in [5.74, 6) is -0.349. The van der Waals surface area contributed by atoms with E-state index in [-0.39, 0.29) is 5.82 Å². The molecule has 0 saturated heterocycles. The Balaban J connectivity index is 2.38. The minimum Gasteiger partial charge on any atom is -0.388 e. The smallest absolute Gasteiger partial charge is 0.123 e. The summed E-state index contributed by atoms with van der Waals surface area (Å²) in [6.45, 7) is 3.82. The van der Waals surface area contributed by atoms with Crippen molar-refractivity contribution in [2.45, 2.75) is 25.4 Å². The third kappa shape index (κ3) is 2.96. The molecule has 0 bridgehead atoms. The largest absolute Gasteiger partial charge is 0.388 e. The van der Waals surface area contributed by atoms with Gasteiger partial charge < -0.3 is 5.11 Å². The zero-order valence-corrected chi connectivity index (χ0v) is 11.7. The molecule has 1 N–H and O–H groups in total. The van der Waals surface area contributed by atoms with Crippen LogP contribution in [0.4, 0.5) is 4.39 Å². The topological polar surface area (TPSA) is 20.2 Å². The van der Waals surface area contributed by atoms with E-state index in [2.05, 4.69) is 0 Å². The fraction of sp³-hybridized carbons (Fsp3) is 0.250. The van der Waals surface area contributed by atoms with Crippen LogP contribution in [0.1, 0.15) is 31.1 Å². The third-order valence-corrected chi connectivity index (χ3v) is 3.65. The highest BCUT2D eigenvalue weighted by atomic mass is 35.5. The minimum atomic E-state index is -0.804. The lowest BCUT2D eigenvalue weighted by molar-refractivity contribution is 0.0999. The molecule has 3 heteroatoms. The standard InChI is InChI=1S/C16H16ClFO/c1-16(2,12-6-4-7-13(17)10-12)15(19)11-5-3-8-14(18)9-11/h3-10,15,19H,1-2H3. The first kappa shape index (κ1) is 14.0. The van der Waals surface area contributed by atoms with E-state index in [1.54, 1.807) is 18.2 Å². The highest BCUT2D eigenvalue weighted by Gasteiger charge is 2.31. The third-order valence-electron chi connectivity index (χ3n) is 3.42. The second kappa shape index (κ2) is 5.32. The molecule has 0 spiro atoms. The Hall–Kier alpha value is -1.38. The lowest BCUT2D eigenvalue weighted by atomic mass is 9.77. The summed E-state index contributed by atoms with van der Waals surface area (Å²) in [7, 11) is 0. The zero-order valence-electron chi connectivity index (χ0n) is 10.9. The molecule has 0 aliphatic carbocycles. The van der Waals surface area contributed by atoms with Crippen LogP contribution in [0.2, 0.25) is 5.02 Å². The molecule has 2 rings (SSSR count). The van der Waals surface area contributed by atoms with Gasteiger partial charge in [-0.25, -0.2) is 4.39 Å². The van der Waals surface area contributed by atoms with Gasteiger partial charge in [0.2, 0.25) is 0 Å². The highest BCUT2D eigenvalue weighted by molar-refractivity contribution is 6.30. The maximum Gasteiger partial charge on any atom is 0.123 e. The normalized spacial score (nSPS) is 13.3. The average Bonchev–Trinajstić information content (AvgIpc) is 2.38. The fourth-order valence-electron chi connectivity index (χ4n) is 2.14. The fourth-order valence-corrected chi connectivity index (χ4v) is 2.33. The molecule has 1 unspecified atom stereocenters. The summed E-state index contributed by atoms with van der Waals surface area (Å²) < 4.78 is 13.3. The van der Waals surface area contributed by atoms with Crippen LogP contribution >= 0.6 is 11.6 Å². The van der Waals surface area contributed by atoms with Crippen molar-refractivity contribution in [2.75, 3.05) is 0 Å². The maximum atomic E-state index is 13.3. The van der Waals surface area contributed by atoms with Crippen molar-refractivity contribution in [3.8, 4) is 0 Å². The van der Waals surface area contributed by atoms with E-state index in [1.165, 1.54) is 12.1 Å². The summed E-state index contributed by atoms with van der Waals surface area (Å²) in [5.41, 5.74) is 0.917. The first-order valence-electron chi connectivity index (χ1n) is 6.11. The lowest BCUT2D eigenvalue weighted by Crippen LogP contribution is -2.26. The highest BCUT2D eigenvalue weighted by Crippen LogP contribution is 2.37. The number of benzene rings is 2. The van der Waals surface area contributed by atoms with Crippen molar-refractivity contribution in [1.82, 2.24) is 0 Å². The van der Waals surface area contributed by atoms with Gasteiger partial charge >= 0.3 is 0 Å². The molecule has 2 aromatic rings. The quantitative estimate of drug-likeness (QED) is 0.877. The van der Waals surface area contributed by atoms with Crippen LogP contribution in [0.25, 0.3) is 0 Å². The number of hydrogen-bond acceptors (Lipinski definition) is 1. The second-order valence-corrected chi connectivity index (χ2v) is 5.63. The first-order valence-corrected chi connectivity index (χ1v) is 6.48. The van der Waals surface area contributed by atoms with Crippen molar-refractivity contribution in [3.63, 3.8) is 0 Å². The van der Waals surface area contributed by atoms with E-state index < -0.39 is 11.5 Å². The van der Waals surface area contributed by atoms with Gasteiger partial charge in [0.05, 0.1) is 6.10 Å². The van der Waals surface area contributed by atoms with Crippen molar-refractivity contribution >= 4 is 11.6 Å². The van der Waals surface area contributed by atoms with Crippen LogP contribution in [0.5, 0.6) is 0 Å². The van der Waals surface area contributed by atoms with Gasteiger partial charge in [0, 0.05) is 10.4 Å². The summed E-state index contributed by atoms with van der Waals surface area (Å²) in [4.78, 5) is 0. The van der Waals surface area contributed by atoms with Crippen LogP contribution in [-0.2, 0) is 5.41 Å². The molecule has 19 heavy (non-hydrogen) atoms. The Kier molecular flexibility index (Phi) is 3.93. The molecule has 100 valence electrons. The van der Waals surface area contributed by atoms with Crippen LogP contribution < -0.4 is 0 Å². The van der Waals surface area contributed by atoms with E-state index in [4.69, 9.17) is 11.6 Å². The van der Waals surface area contributed by atoms with E-state index in [0.29, 0.717) is 10.6 Å². The van der Waals surface area contributed by atoms with Crippen molar-refractivity contribution in [2.24, 2.45) is 0 Å². The van der Waals surface area contributed by atoms with Gasteiger partial charge in [-0.1, -0.05) is 49.7 Å². The van der Waals surface area contributed by atoms with E-state index in [9.17, 15) is 9.50 Å². The molecular formula is C16H16ClFO. The summed E-state index contributed by atoms with van der Waals surface area (Å²) >= 11 is 5.99. The van der Waals surface area contributed by atoms with Crippen molar-refractivity contribution in [3.05, 3.63) is 70.5 Å². The monoisotopic (exact) mass is 278 g/mol. The van der Waals surface area contributed by atoms with Gasteiger partial charge in [-0.3, -0.25) is 0 Å². The number of halogens is 2. The molecule has 1 nitrogen and oxygen atoms in total. The Morgan fingerprint density at radius 1 is 1.11 bits per heavy atom. The Morgan fingerprint density at radius 3 is 2.42 bits per heavy atom. The van der Waals surface area contributed by atoms with Crippen LogP contribution in [0.15, 0.2) is 48.5 Å². The number of aliphatic hydroxyl groups excluding tert-OH is 1. The van der Waals surface area contributed by atoms with Gasteiger partial charge in [-0.2, -0.15) is 0 Å². The van der Waals surface area contributed by atoms with Crippen molar-refractivity contribution < 1.29 is 9.50 Å². The molecule has 2 aromatic carbocycles. The summed E-state index contributed by atoms with van der Waals surface area (Å²) in [5, 5.41) is 11.1. The minimum absolute atomic E-state index is 0.349. The van der Waals surface area contributed by atoms with Crippen LogP contribution in [0.3, 0.4) is 0 Å². The lowest BCUT2D eigenvalue weighted by Gasteiger charge is -2.31. The van der Waals surface area contributed by atoms with E-state index in [1.807, 2.05) is 32.0 Å². The molecule has 0 aliphatic rings. The van der Waals surface area contributed by atoms with Gasteiger partial charge in [0.25, 0.3) is 0 Å². The predicted molar refractivity (Wildman–Crippen MR) is 75.8 cm³/mol. The summed E-state index contributed by atoms with van der Waals surface area (Å²) in [6, 6.07) is 13.4. The molecule has 0 heterocycles. The van der Waals surface area contributed by atoms with Crippen molar-refractivity contribution in [1.29, 1.82) is 0 Å². The van der Waals surface area contributed by atoms with E-state index in [0.717, 1.165) is 5.56 Å². The van der Waals surface area contributed by atoms with Gasteiger partial charge in [-0.15, -0.1) is 0 Å². The molecular weight excluding hydrogens is 263 g/mol. The summed E-state index contributed by atoms with van der Waals surface area (Å²) in [6.07, 6.45) is -0.804. The Labute approximate surface area is 117 Å². The van der Waals surface area contributed by atoms with Gasteiger partial charge in [0.1, 0.15) is 5.82 Å². The Morgan fingerprint density at radius 2 is 1.79 bits per heavy atom. The molecule has 0 aliphatic heterocycles. The number of hydrogen-bond donors (Lipinski definition) is 1. The Bertz CT molecular complexity index is 580. The number of rotatable bonds is 3. The molecule has 0 amide bonds. The molecule has 0 radical (unpaired) electrons. The van der Waals surface area contributed by atoms with Crippen LogP contribution in [-0.4, -0.2) is 5.11 Å². The molecule has 0 saturated carbocycles. The van der Waals surface area contributed by atoms with E-state index >= 15 is 0 Å². The number of aliphatic hydroxyl groups is 1. The maximum absolute atomic E-state index is 13.3. The SMILES string of the molecule is CC(C)(c1cccc(Cl)c1)C(O)c1cccc(F)c1. The second-order valence-electron chi connectivity index (χ2n) is 5.19.